The molecule has 0 aliphatic rings. The third-order valence-corrected chi connectivity index (χ3v) is 4.33. The summed E-state index contributed by atoms with van der Waals surface area (Å²) in [6, 6.07) is 3.45. The van der Waals surface area contributed by atoms with Crippen molar-refractivity contribution in [1.29, 1.82) is 0 Å². The molecule has 0 atom stereocenters. The first-order chi connectivity index (χ1) is 9.75. The first-order valence-electron chi connectivity index (χ1n) is 5.63. The molecule has 0 aliphatic heterocycles. The molecule has 9 heteroatoms. The summed E-state index contributed by atoms with van der Waals surface area (Å²) in [5.74, 6) is 0.123. The second kappa shape index (κ2) is 5.41. The van der Waals surface area contributed by atoms with Crippen molar-refractivity contribution < 1.29 is 21.6 Å². The molecule has 112 valence electrons. The molecule has 0 saturated heterocycles. The van der Waals surface area contributed by atoms with E-state index in [-0.39, 0.29) is 17.3 Å². The zero-order valence-corrected chi connectivity index (χ0v) is 11.2. The fourth-order valence-corrected chi connectivity index (χ4v) is 2.74. The maximum atomic E-state index is 12.6. The van der Waals surface area contributed by atoms with Gasteiger partial charge in [-0.2, -0.15) is 13.2 Å². The Morgan fingerprint density at radius 1 is 1.10 bits per heavy atom. The number of rotatable bonds is 3. The topological polar surface area (TPSA) is 83.7 Å². The number of hydrogen-bond acceptors (Lipinski definition) is 4. The smallest absolute Gasteiger partial charge is 0.416 e. The van der Waals surface area contributed by atoms with Crippen molar-refractivity contribution in [1.82, 2.24) is 9.97 Å². The number of nitrogens with zero attached hydrogens (tertiary/aromatic N) is 2. The van der Waals surface area contributed by atoms with E-state index in [1.54, 1.807) is 0 Å². The van der Waals surface area contributed by atoms with E-state index in [2.05, 4.69) is 9.97 Å². The molecule has 0 amide bonds. The van der Waals surface area contributed by atoms with Crippen molar-refractivity contribution in [3.8, 4) is 0 Å². The number of benzene rings is 1. The van der Waals surface area contributed by atoms with Gasteiger partial charge in [0.15, 0.2) is 0 Å². The molecule has 21 heavy (non-hydrogen) atoms. The van der Waals surface area contributed by atoms with Crippen LogP contribution < -0.4 is 0 Å². The molecule has 1 heterocycles. The van der Waals surface area contributed by atoms with Crippen LogP contribution in [0.3, 0.4) is 0 Å². The highest BCUT2D eigenvalue weighted by Gasteiger charge is 2.32. The molecule has 1 N–H and O–H groups in total. The van der Waals surface area contributed by atoms with Crippen molar-refractivity contribution in [3.63, 3.8) is 0 Å². The first-order valence-corrected chi connectivity index (χ1v) is 7.11. The molecule has 0 spiro atoms. The highest BCUT2D eigenvalue weighted by Crippen LogP contribution is 2.31. The summed E-state index contributed by atoms with van der Waals surface area (Å²) in [6.45, 7) is -0.218. The van der Waals surface area contributed by atoms with Crippen LogP contribution in [0.15, 0.2) is 46.5 Å². The minimum absolute atomic E-state index is 0.123. The van der Waals surface area contributed by atoms with Crippen LogP contribution in [0.25, 0.3) is 5.73 Å². The van der Waals surface area contributed by atoms with E-state index in [9.17, 15) is 21.6 Å². The largest absolute Gasteiger partial charge is 0.671 e. The lowest BCUT2D eigenvalue weighted by Crippen LogP contribution is -2.09. The molecule has 2 aromatic rings. The summed E-state index contributed by atoms with van der Waals surface area (Å²) in [5, 5.41) is 0. The average molecular weight is 316 g/mol. The molecule has 0 saturated carbocycles. The van der Waals surface area contributed by atoms with Gasteiger partial charge < -0.3 is 5.73 Å². The minimum atomic E-state index is -4.63. The van der Waals surface area contributed by atoms with Gasteiger partial charge in [0.1, 0.15) is 10.7 Å². The molecule has 1 aromatic heterocycles. The van der Waals surface area contributed by atoms with Crippen LogP contribution in [-0.4, -0.2) is 18.4 Å². The van der Waals surface area contributed by atoms with Gasteiger partial charge in [-0.25, -0.2) is 18.4 Å². The summed E-state index contributed by atoms with van der Waals surface area (Å²) in [5.41, 5.74) is 5.98. The zero-order valence-electron chi connectivity index (χ0n) is 10.4. The van der Waals surface area contributed by atoms with Crippen LogP contribution >= 0.6 is 0 Å². The minimum Gasteiger partial charge on any atom is -0.671 e. The second-order valence-corrected chi connectivity index (χ2v) is 5.99. The Balaban J connectivity index is 2.48. The van der Waals surface area contributed by atoms with E-state index >= 15 is 0 Å². The summed E-state index contributed by atoms with van der Waals surface area (Å²) in [7, 11) is -4.13. The van der Waals surface area contributed by atoms with E-state index in [0.29, 0.717) is 6.07 Å². The lowest BCUT2D eigenvalue weighted by molar-refractivity contribution is -0.137. The first kappa shape index (κ1) is 15.4. The van der Waals surface area contributed by atoms with E-state index in [4.69, 9.17) is 5.73 Å². The second-order valence-electron chi connectivity index (χ2n) is 4.04. The van der Waals surface area contributed by atoms with E-state index in [1.165, 1.54) is 0 Å². The number of hydrogen-bond donors (Lipinski definition) is 0. The Morgan fingerprint density at radius 3 is 2.24 bits per heavy atom. The van der Waals surface area contributed by atoms with Crippen LogP contribution in [0.4, 0.5) is 13.2 Å². The van der Waals surface area contributed by atoms with Gasteiger partial charge in [0, 0.05) is 12.4 Å². The molecule has 0 aliphatic carbocycles. The Morgan fingerprint density at radius 2 is 1.71 bits per heavy atom. The number of alkyl halides is 3. The predicted molar refractivity (Wildman–Crippen MR) is 67.0 cm³/mol. The highest BCUT2D eigenvalue weighted by molar-refractivity contribution is 7.91. The standard InChI is InChI=1S/C12H9F3N3O2S/c13-12(14,15)8-2-1-3-9(4-8)21(19,20)10-6-17-11(5-16)18-7-10/h1-4,6-7,16H,5H2/q-1. The van der Waals surface area contributed by atoms with Gasteiger partial charge in [-0.15, -0.1) is 0 Å². The van der Waals surface area contributed by atoms with E-state index in [0.717, 1.165) is 30.6 Å². The lowest BCUT2D eigenvalue weighted by atomic mass is 10.2. The van der Waals surface area contributed by atoms with Crippen LogP contribution in [0.2, 0.25) is 0 Å². The van der Waals surface area contributed by atoms with Crippen molar-refractivity contribution >= 4 is 9.84 Å². The number of sulfone groups is 1. The quantitative estimate of drug-likeness (QED) is 0.871. The lowest BCUT2D eigenvalue weighted by Gasteiger charge is -2.09. The van der Waals surface area contributed by atoms with Crippen molar-refractivity contribution in [2.45, 2.75) is 22.5 Å². The summed E-state index contributed by atoms with van der Waals surface area (Å²) in [6.07, 6.45) is -2.67. The fourth-order valence-electron chi connectivity index (χ4n) is 1.55. The summed E-state index contributed by atoms with van der Waals surface area (Å²) < 4.78 is 62.3. The van der Waals surface area contributed by atoms with Gasteiger partial charge in [0.2, 0.25) is 9.84 Å². The van der Waals surface area contributed by atoms with E-state index < -0.39 is 26.5 Å². The number of halogens is 3. The van der Waals surface area contributed by atoms with Gasteiger partial charge in [-0.3, -0.25) is 0 Å². The molecular weight excluding hydrogens is 307 g/mol. The zero-order chi connectivity index (χ0) is 15.7. The van der Waals surface area contributed by atoms with Gasteiger partial charge in [0.05, 0.1) is 10.5 Å². The summed E-state index contributed by atoms with van der Waals surface area (Å²) in [4.78, 5) is 6.51. The maximum Gasteiger partial charge on any atom is 0.416 e. The van der Waals surface area contributed by atoms with Crippen molar-refractivity contribution in [3.05, 3.63) is 53.8 Å². The number of nitrogens with one attached hydrogen (secondary N) is 1. The summed E-state index contributed by atoms with van der Waals surface area (Å²) >= 11 is 0. The van der Waals surface area contributed by atoms with Gasteiger partial charge in [0.25, 0.3) is 0 Å². The average Bonchev–Trinajstić information content (AvgIpc) is 2.46. The highest BCUT2D eigenvalue weighted by atomic mass is 32.2. The van der Waals surface area contributed by atoms with Crippen molar-refractivity contribution in [2.24, 2.45) is 0 Å². The molecule has 0 unspecified atom stereocenters. The predicted octanol–water partition coefficient (Wildman–Crippen LogP) is 2.88. The Labute approximate surface area is 118 Å². The Kier molecular flexibility index (Phi) is 3.97. The maximum absolute atomic E-state index is 12.6. The van der Waals surface area contributed by atoms with Crippen LogP contribution in [0, 0.1) is 0 Å². The third-order valence-electron chi connectivity index (χ3n) is 2.62. The van der Waals surface area contributed by atoms with Gasteiger partial charge in [-0.05, 0) is 18.2 Å². The molecule has 0 radical (unpaired) electrons. The molecule has 0 fully saturated rings. The normalized spacial score (nSPS) is 12.4. The van der Waals surface area contributed by atoms with Gasteiger partial charge in [-0.1, -0.05) is 12.6 Å². The van der Waals surface area contributed by atoms with Crippen LogP contribution in [0.5, 0.6) is 0 Å². The van der Waals surface area contributed by atoms with Crippen LogP contribution in [-0.2, 0) is 22.6 Å². The van der Waals surface area contributed by atoms with Gasteiger partial charge >= 0.3 is 6.18 Å². The Bertz CT molecular complexity index is 743. The third kappa shape index (κ3) is 3.19. The number of aromatic nitrogens is 2. The SMILES string of the molecule is [NH-]Cc1ncc(S(=O)(=O)c2cccc(C(F)(F)F)c2)cn1. The van der Waals surface area contributed by atoms with Crippen molar-refractivity contribution in [2.75, 3.05) is 0 Å². The Hall–Kier alpha value is -2.00. The fraction of sp³-hybridized carbons (Fsp3) is 0.167. The monoisotopic (exact) mass is 316 g/mol. The molecule has 2 rings (SSSR count). The van der Waals surface area contributed by atoms with Crippen LogP contribution in [0.1, 0.15) is 11.4 Å². The van der Waals surface area contributed by atoms with E-state index in [1.807, 2.05) is 0 Å². The molecule has 5 nitrogen and oxygen atoms in total. The molecule has 0 bridgehead atoms. The molecular formula is C12H9F3N3O2S-. The molecule has 1 aromatic carbocycles.